The van der Waals surface area contributed by atoms with E-state index < -0.39 is 6.04 Å². The molecule has 1 aliphatic rings. The Labute approximate surface area is 150 Å². The molecule has 2 atom stereocenters. The number of nitrogens with zero attached hydrogens (tertiary/aromatic N) is 3. The minimum Gasteiger partial charge on any atom is -0.338 e. The van der Waals surface area contributed by atoms with Crippen molar-refractivity contribution >= 4 is 11.9 Å². The van der Waals surface area contributed by atoms with Crippen LogP contribution in [0.4, 0.5) is 4.79 Å². The second-order valence-electron chi connectivity index (χ2n) is 6.89. The lowest BCUT2D eigenvalue weighted by Gasteiger charge is -2.35. The number of aryl methyl sites for hydroxylation is 2. The van der Waals surface area contributed by atoms with Crippen molar-refractivity contribution in [3.63, 3.8) is 0 Å². The smallest absolute Gasteiger partial charge is 0.315 e. The summed E-state index contributed by atoms with van der Waals surface area (Å²) in [5, 5.41) is 10.1. The fourth-order valence-electron chi connectivity index (χ4n) is 3.45. The number of piperidine rings is 1. The number of rotatable bonds is 5. The highest BCUT2D eigenvalue weighted by molar-refractivity contribution is 5.87. The van der Waals surface area contributed by atoms with Gasteiger partial charge in [0.15, 0.2) is 0 Å². The molecule has 0 spiro atoms. The van der Waals surface area contributed by atoms with Gasteiger partial charge in [0.2, 0.25) is 5.91 Å². The summed E-state index contributed by atoms with van der Waals surface area (Å²) in [6.07, 6.45) is 3.23. The van der Waals surface area contributed by atoms with E-state index in [0.29, 0.717) is 6.54 Å². The molecule has 3 amide bonds. The minimum atomic E-state index is -0.527. The topological polar surface area (TPSA) is 79.3 Å². The number of amides is 3. The second kappa shape index (κ2) is 8.36. The van der Waals surface area contributed by atoms with Gasteiger partial charge in [-0.25, -0.2) is 4.79 Å². The van der Waals surface area contributed by atoms with Gasteiger partial charge < -0.3 is 15.5 Å². The van der Waals surface area contributed by atoms with Gasteiger partial charge >= 0.3 is 6.03 Å². The summed E-state index contributed by atoms with van der Waals surface area (Å²) in [6, 6.07) is -0.603. The number of hydrogen-bond donors (Lipinski definition) is 2. The monoisotopic (exact) mass is 349 g/mol. The molecule has 7 nitrogen and oxygen atoms in total. The van der Waals surface area contributed by atoms with Crippen LogP contribution in [0.15, 0.2) is 0 Å². The second-order valence-corrected chi connectivity index (χ2v) is 6.89. The average molecular weight is 349 g/mol. The van der Waals surface area contributed by atoms with Gasteiger partial charge in [-0.1, -0.05) is 0 Å². The molecular weight excluding hydrogens is 318 g/mol. The molecule has 1 aromatic heterocycles. The zero-order valence-electron chi connectivity index (χ0n) is 16.1. The lowest BCUT2D eigenvalue weighted by atomic mass is 10.0. The fourth-order valence-corrected chi connectivity index (χ4v) is 3.45. The van der Waals surface area contributed by atoms with Crippen LogP contribution in [0.2, 0.25) is 0 Å². The third-order valence-electron chi connectivity index (χ3n) is 5.06. The van der Waals surface area contributed by atoms with E-state index in [-0.39, 0.29) is 18.0 Å². The molecule has 0 unspecified atom stereocenters. The van der Waals surface area contributed by atoms with Crippen LogP contribution in [0.5, 0.6) is 0 Å². The van der Waals surface area contributed by atoms with Crippen molar-refractivity contribution in [1.82, 2.24) is 25.3 Å². The summed E-state index contributed by atoms with van der Waals surface area (Å²) in [7, 11) is 0. The van der Waals surface area contributed by atoms with Crippen molar-refractivity contribution in [3.05, 3.63) is 17.0 Å². The van der Waals surface area contributed by atoms with Gasteiger partial charge in [0.05, 0.1) is 5.69 Å². The van der Waals surface area contributed by atoms with E-state index >= 15 is 0 Å². The van der Waals surface area contributed by atoms with E-state index in [1.807, 2.05) is 30.4 Å². The minimum absolute atomic E-state index is 0.00601. The maximum absolute atomic E-state index is 12.5. The zero-order valence-corrected chi connectivity index (χ0v) is 16.1. The van der Waals surface area contributed by atoms with Crippen LogP contribution >= 0.6 is 0 Å². The Morgan fingerprint density at radius 1 is 1.32 bits per heavy atom. The van der Waals surface area contributed by atoms with E-state index in [2.05, 4.69) is 22.7 Å². The Bertz CT molecular complexity index is 625. The normalized spacial score (nSPS) is 18.8. The highest BCUT2D eigenvalue weighted by Crippen LogP contribution is 2.17. The van der Waals surface area contributed by atoms with E-state index in [1.54, 1.807) is 6.92 Å². The number of carbonyl (C=O) groups excluding carboxylic acids is 2. The summed E-state index contributed by atoms with van der Waals surface area (Å²) in [5.41, 5.74) is 3.01. The van der Waals surface area contributed by atoms with Gasteiger partial charge in [-0.05, 0) is 53.9 Å². The summed E-state index contributed by atoms with van der Waals surface area (Å²) in [5.74, 6) is -0.00601. The molecule has 2 rings (SSSR count). The van der Waals surface area contributed by atoms with Crippen LogP contribution in [-0.4, -0.2) is 45.2 Å². The number of hydrogen-bond acceptors (Lipinski definition) is 3. The summed E-state index contributed by atoms with van der Waals surface area (Å²) >= 11 is 0. The number of urea groups is 1. The van der Waals surface area contributed by atoms with E-state index in [1.165, 1.54) is 0 Å². The molecule has 7 heteroatoms. The van der Waals surface area contributed by atoms with Crippen LogP contribution < -0.4 is 10.6 Å². The van der Waals surface area contributed by atoms with Crippen molar-refractivity contribution in [2.45, 2.75) is 79.1 Å². The predicted octanol–water partition coefficient (Wildman–Crippen LogP) is 2.11. The zero-order chi connectivity index (χ0) is 18.6. The van der Waals surface area contributed by atoms with Crippen LogP contribution in [-0.2, 0) is 17.9 Å². The third-order valence-corrected chi connectivity index (χ3v) is 5.06. The van der Waals surface area contributed by atoms with Gasteiger partial charge in [0.25, 0.3) is 0 Å². The molecule has 1 saturated heterocycles. The molecule has 2 heterocycles. The quantitative estimate of drug-likeness (QED) is 0.854. The van der Waals surface area contributed by atoms with Crippen molar-refractivity contribution in [2.24, 2.45) is 0 Å². The summed E-state index contributed by atoms with van der Waals surface area (Å²) in [4.78, 5) is 26.6. The molecular formula is C18H31N5O2. The van der Waals surface area contributed by atoms with Crippen molar-refractivity contribution < 1.29 is 9.59 Å². The first kappa shape index (κ1) is 19.3. The number of carbonyl (C=O) groups is 2. The first-order chi connectivity index (χ1) is 11.8. The van der Waals surface area contributed by atoms with Crippen LogP contribution in [0.1, 0.15) is 57.0 Å². The fraction of sp³-hybridized carbons (Fsp3) is 0.722. The lowest BCUT2D eigenvalue weighted by Crippen LogP contribution is -2.53. The SMILES string of the molecule is CCn1nc(C)c(CNC(=O)N[C@@H](C)C(=O)N2CCCC[C@@H]2C)c1C. The molecule has 0 saturated carbocycles. The number of aromatic nitrogens is 2. The molecule has 2 N–H and O–H groups in total. The van der Waals surface area contributed by atoms with Crippen LogP contribution in [0.3, 0.4) is 0 Å². The highest BCUT2D eigenvalue weighted by Gasteiger charge is 2.27. The van der Waals surface area contributed by atoms with Crippen molar-refractivity contribution in [1.29, 1.82) is 0 Å². The largest absolute Gasteiger partial charge is 0.338 e. The van der Waals surface area contributed by atoms with Gasteiger partial charge in [-0.15, -0.1) is 0 Å². The van der Waals surface area contributed by atoms with Crippen molar-refractivity contribution in [2.75, 3.05) is 6.54 Å². The Balaban J connectivity index is 1.87. The van der Waals surface area contributed by atoms with Gasteiger partial charge in [-0.2, -0.15) is 5.10 Å². The maximum Gasteiger partial charge on any atom is 0.315 e. The number of nitrogens with one attached hydrogen (secondary N) is 2. The van der Waals surface area contributed by atoms with E-state index in [9.17, 15) is 9.59 Å². The first-order valence-electron chi connectivity index (χ1n) is 9.22. The summed E-state index contributed by atoms with van der Waals surface area (Å²) < 4.78 is 1.92. The Hall–Kier alpha value is -2.05. The van der Waals surface area contributed by atoms with E-state index in [4.69, 9.17) is 0 Å². The van der Waals surface area contributed by atoms with Crippen molar-refractivity contribution in [3.8, 4) is 0 Å². The van der Waals surface area contributed by atoms with Crippen LogP contribution in [0.25, 0.3) is 0 Å². The molecule has 1 aliphatic heterocycles. The molecule has 1 aromatic rings. The lowest BCUT2D eigenvalue weighted by molar-refractivity contribution is -0.136. The van der Waals surface area contributed by atoms with E-state index in [0.717, 1.165) is 49.3 Å². The number of likely N-dealkylation sites (tertiary alicyclic amines) is 1. The molecule has 140 valence electrons. The Kier molecular flexibility index (Phi) is 6.45. The first-order valence-corrected chi connectivity index (χ1v) is 9.22. The van der Waals surface area contributed by atoms with Gasteiger partial charge in [0, 0.05) is 36.9 Å². The Morgan fingerprint density at radius 3 is 2.64 bits per heavy atom. The molecule has 0 radical (unpaired) electrons. The average Bonchev–Trinajstić information content (AvgIpc) is 2.86. The standard InChI is InChI=1S/C18H31N5O2/c1-6-23-15(5)16(13(3)21-23)11-19-18(25)20-14(4)17(24)22-10-8-7-9-12(22)2/h12,14H,6-11H2,1-5H3,(H2,19,20,25)/t12-,14-/m0/s1. The third kappa shape index (κ3) is 4.52. The summed E-state index contributed by atoms with van der Waals surface area (Å²) in [6.45, 7) is 11.8. The Morgan fingerprint density at radius 2 is 2.04 bits per heavy atom. The van der Waals surface area contributed by atoms with Crippen LogP contribution in [0, 0.1) is 13.8 Å². The van der Waals surface area contributed by atoms with Gasteiger partial charge in [-0.3, -0.25) is 9.48 Å². The maximum atomic E-state index is 12.5. The molecule has 25 heavy (non-hydrogen) atoms. The molecule has 0 bridgehead atoms. The molecule has 1 fully saturated rings. The molecule has 0 aliphatic carbocycles. The highest BCUT2D eigenvalue weighted by atomic mass is 16.2. The van der Waals surface area contributed by atoms with Gasteiger partial charge in [0.1, 0.15) is 6.04 Å². The predicted molar refractivity (Wildman–Crippen MR) is 97.2 cm³/mol. The molecule has 0 aromatic carbocycles.